The molecule has 0 unspecified atom stereocenters. The van der Waals surface area contributed by atoms with Gasteiger partial charge in [-0.15, -0.1) is 0 Å². The lowest BCUT2D eigenvalue weighted by molar-refractivity contribution is -0.161. The van der Waals surface area contributed by atoms with Crippen LogP contribution in [0.25, 0.3) is 0 Å². The first-order valence-corrected chi connectivity index (χ1v) is 9.46. The topological polar surface area (TPSA) is 96.0 Å². The van der Waals surface area contributed by atoms with Gasteiger partial charge >= 0.3 is 23.9 Å². The molecule has 0 saturated heterocycles. The first kappa shape index (κ1) is 25.1. The highest BCUT2D eigenvalue weighted by molar-refractivity contribution is 5.85. The summed E-state index contributed by atoms with van der Waals surface area (Å²) in [6.45, 7) is 10.8. The van der Waals surface area contributed by atoms with Crippen molar-refractivity contribution in [1.82, 2.24) is 0 Å². The average molecular weight is 386 g/mol. The molecule has 0 spiro atoms. The molecule has 156 valence electrons. The maximum atomic E-state index is 11.6. The fraction of sp³-hybridized carbons (Fsp3) is 0.800. The number of hydrogen-bond donors (Lipinski definition) is 0. The van der Waals surface area contributed by atoms with Crippen LogP contribution in [0.15, 0.2) is 0 Å². The molecule has 0 heterocycles. The van der Waals surface area contributed by atoms with E-state index in [2.05, 4.69) is 0 Å². The van der Waals surface area contributed by atoms with Crippen LogP contribution in [-0.2, 0) is 33.4 Å². The average Bonchev–Trinajstić information content (AvgIpc) is 2.44. The molecule has 0 aromatic carbocycles. The number of carbonyl (C=O) groups is 4. The van der Waals surface area contributed by atoms with Gasteiger partial charge in [0.2, 0.25) is 0 Å². The van der Waals surface area contributed by atoms with E-state index >= 15 is 0 Å². The fourth-order valence-electron chi connectivity index (χ4n) is 2.09. The van der Waals surface area contributed by atoms with Crippen LogP contribution in [-0.4, -0.2) is 35.1 Å². The standard InChI is InChI=1S/C20H34O7/c1-19(2,3)26-17(23)13-9-7-11-15(21)25-16(22)12-8-10-14-18(24)27-20(4,5)6/h7-14H2,1-6H3. The smallest absolute Gasteiger partial charge is 0.313 e. The Morgan fingerprint density at radius 2 is 0.778 bits per heavy atom. The molecule has 0 N–H and O–H groups in total. The molecule has 0 radical (unpaired) electrons. The molecular weight excluding hydrogens is 352 g/mol. The molecule has 0 amide bonds. The predicted octanol–water partition coefficient (Wildman–Crippen LogP) is 3.86. The lowest BCUT2D eigenvalue weighted by Gasteiger charge is -2.19. The zero-order chi connectivity index (χ0) is 21.1. The van der Waals surface area contributed by atoms with Crippen molar-refractivity contribution in [3.05, 3.63) is 0 Å². The van der Waals surface area contributed by atoms with E-state index in [1.165, 1.54) is 0 Å². The lowest BCUT2D eigenvalue weighted by atomic mass is 10.1. The van der Waals surface area contributed by atoms with E-state index in [0.29, 0.717) is 25.7 Å². The van der Waals surface area contributed by atoms with Crippen molar-refractivity contribution in [3.8, 4) is 0 Å². The predicted molar refractivity (Wildman–Crippen MR) is 99.7 cm³/mol. The van der Waals surface area contributed by atoms with E-state index < -0.39 is 23.1 Å². The summed E-state index contributed by atoms with van der Waals surface area (Å²) in [6.07, 6.45) is 2.49. The highest BCUT2D eigenvalue weighted by atomic mass is 16.6. The Labute approximate surface area is 162 Å². The van der Waals surface area contributed by atoms with Crippen LogP contribution in [0, 0.1) is 0 Å². The molecule has 0 bridgehead atoms. The monoisotopic (exact) mass is 386 g/mol. The Kier molecular flexibility index (Phi) is 10.9. The lowest BCUT2D eigenvalue weighted by Crippen LogP contribution is -2.23. The van der Waals surface area contributed by atoms with Crippen LogP contribution in [0.1, 0.15) is 92.9 Å². The van der Waals surface area contributed by atoms with Crippen LogP contribution in [0.3, 0.4) is 0 Å². The summed E-state index contributed by atoms with van der Waals surface area (Å²) in [5.74, 6) is -1.82. The number of esters is 4. The Morgan fingerprint density at radius 1 is 0.519 bits per heavy atom. The second kappa shape index (κ2) is 11.7. The van der Waals surface area contributed by atoms with Gasteiger partial charge in [-0.1, -0.05) is 0 Å². The van der Waals surface area contributed by atoms with E-state index in [4.69, 9.17) is 14.2 Å². The fourth-order valence-corrected chi connectivity index (χ4v) is 2.09. The minimum Gasteiger partial charge on any atom is -0.460 e. The largest absolute Gasteiger partial charge is 0.460 e. The molecule has 7 heteroatoms. The summed E-state index contributed by atoms with van der Waals surface area (Å²) in [7, 11) is 0. The van der Waals surface area contributed by atoms with Crippen molar-refractivity contribution in [2.45, 2.75) is 104 Å². The molecule has 0 rings (SSSR count). The van der Waals surface area contributed by atoms with Gasteiger partial charge in [0, 0.05) is 25.7 Å². The third-order valence-electron chi connectivity index (χ3n) is 3.09. The third kappa shape index (κ3) is 17.3. The van der Waals surface area contributed by atoms with Gasteiger partial charge in [-0.3, -0.25) is 19.2 Å². The third-order valence-corrected chi connectivity index (χ3v) is 3.09. The zero-order valence-corrected chi connectivity index (χ0v) is 17.5. The first-order valence-electron chi connectivity index (χ1n) is 9.46. The molecule has 0 aromatic rings. The Morgan fingerprint density at radius 3 is 1.04 bits per heavy atom. The van der Waals surface area contributed by atoms with Crippen molar-refractivity contribution in [1.29, 1.82) is 0 Å². The first-order chi connectivity index (χ1) is 12.3. The van der Waals surface area contributed by atoms with Crippen molar-refractivity contribution in [2.24, 2.45) is 0 Å². The molecule has 0 atom stereocenters. The molecule has 7 nitrogen and oxygen atoms in total. The molecule has 0 aromatic heterocycles. The van der Waals surface area contributed by atoms with Crippen molar-refractivity contribution >= 4 is 23.9 Å². The van der Waals surface area contributed by atoms with Crippen molar-refractivity contribution in [2.75, 3.05) is 0 Å². The summed E-state index contributed by atoms with van der Waals surface area (Å²) < 4.78 is 15.0. The van der Waals surface area contributed by atoms with Crippen molar-refractivity contribution < 1.29 is 33.4 Å². The Hall–Kier alpha value is -1.92. The van der Waals surface area contributed by atoms with Gasteiger partial charge in [0.15, 0.2) is 0 Å². The normalized spacial score (nSPS) is 11.6. The molecule has 0 fully saturated rings. The highest BCUT2D eigenvalue weighted by Crippen LogP contribution is 2.12. The SMILES string of the molecule is CC(C)(C)OC(=O)CCCCC(=O)OC(=O)CCCCC(=O)OC(C)(C)C. The highest BCUT2D eigenvalue weighted by Gasteiger charge is 2.17. The molecule has 0 aliphatic heterocycles. The zero-order valence-electron chi connectivity index (χ0n) is 17.5. The van der Waals surface area contributed by atoms with Gasteiger partial charge in [-0.25, -0.2) is 0 Å². The minimum absolute atomic E-state index is 0.0758. The van der Waals surface area contributed by atoms with Gasteiger partial charge < -0.3 is 14.2 Å². The number of hydrogen-bond acceptors (Lipinski definition) is 7. The van der Waals surface area contributed by atoms with E-state index in [-0.39, 0.29) is 37.6 Å². The van der Waals surface area contributed by atoms with E-state index in [1.54, 1.807) is 41.5 Å². The van der Waals surface area contributed by atoms with E-state index in [0.717, 1.165) is 0 Å². The van der Waals surface area contributed by atoms with Crippen molar-refractivity contribution in [3.63, 3.8) is 0 Å². The minimum atomic E-state index is -0.601. The van der Waals surface area contributed by atoms with Crippen LogP contribution in [0.4, 0.5) is 0 Å². The molecular formula is C20H34O7. The maximum absolute atomic E-state index is 11.6. The van der Waals surface area contributed by atoms with Crippen LogP contribution < -0.4 is 0 Å². The summed E-state index contributed by atoms with van der Waals surface area (Å²) in [4.78, 5) is 46.2. The van der Waals surface area contributed by atoms with Gasteiger partial charge in [-0.05, 0) is 67.2 Å². The molecule has 0 saturated carbocycles. The maximum Gasteiger partial charge on any atom is 0.313 e. The van der Waals surface area contributed by atoms with Gasteiger partial charge in [-0.2, -0.15) is 0 Å². The quantitative estimate of drug-likeness (QED) is 0.243. The molecule has 0 aliphatic carbocycles. The summed E-state index contributed by atoms with van der Waals surface area (Å²) in [5, 5.41) is 0. The van der Waals surface area contributed by atoms with Gasteiger partial charge in [0.25, 0.3) is 0 Å². The van der Waals surface area contributed by atoms with E-state index in [1.807, 2.05) is 0 Å². The van der Waals surface area contributed by atoms with Crippen LogP contribution >= 0.6 is 0 Å². The summed E-state index contributed by atoms with van der Waals surface area (Å²) in [6, 6.07) is 0. The summed E-state index contributed by atoms with van der Waals surface area (Å²) in [5.41, 5.74) is -1.04. The summed E-state index contributed by atoms with van der Waals surface area (Å²) >= 11 is 0. The van der Waals surface area contributed by atoms with E-state index in [9.17, 15) is 19.2 Å². The van der Waals surface area contributed by atoms with Gasteiger partial charge in [0.1, 0.15) is 11.2 Å². The van der Waals surface area contributed by atoms with Crippen LogP contribution in [0.2, 0.25) is 0 Å². The Bertz CT molecular complexity index is 463. The number of unbranched alkanes of at least 4 members (excludes halogenated alkanes) is 2. The molecule has 27 heavy (non-hydrogen) atoms. The second-order valence-electron chi connectivity index (χ2n) is 8.43. The number of rotatable bonds is 10. The second-order valence-corrected chi connectivity index (χ2v) is 8.43. The Balaban J connectivity index is 3.77. The van der Waals surface area contributed by atoms with Crippen LogP contribution in [0.5, 0.6) is 0 Å². The molecule has 0 aliphatic rings. The number of ether oxygens (including phenoxy) is 3. The number of carbonyl (C=O) groups excluding carboxylic acids is 4. The van der Waals surface area contributed by atoms with Gasteiger partial charge in [0.05, 0.1) is 0 Å².